The van der Waals surface area contributed by atoms with Crippen molar-refractivity contribution in [2.45, 2.75) is 52.9 Å². The molecule has 0 unspecified atom stereocenters. The van der Waals surface area contributed by atoms with Gasteiger partial charge in [0.05, 0.1) is 0 Å². The Balaban J connectivity index is 0.000000147. The molecule has 0 N–H and O–H groups in total. The van der Waals surface area contributed by atoms with E-state index < -0.39 is 0 Å². The molecule has 0 radical (unpaired) electrons. The van der Waals surface area contributed by atoms with Gasteiger partial charge >= 0.3 is 0 Å². The molecule has 2 heteroatoms. The molecule has 0 aromatic rings. The van der Waals surface area contributed by atoms with Crippen LogP contribution in [0.1, 0.15) is 52.9 Å². The van der Waals surface area contributed by atoms with Crippen molar-refractivity contribution >= 4 is 0 Å². The summed E-state index contributed by atoms with van der Waals surface area (Å²) in [5.41, 5.74) is 0. The van der Waals surface area contributed by atoms with Gasteiger partial charge in [0, 0.05) is 13.1 Å². The predicted molar refractivity (Wildman–Crippen MR) is 85.6 cm³/mol. The number of rotatable bonds is 0. The van der Waals surface area contributed by atoms with Crippen LogP contribution >= 0.6 is 0 Å². The van der Waals surface area contributed by atoms with Crippen LogP contribution in [0.25, 0.3) is 0 Å². The van der Waals surface area contributed by atoms with Crippen LogP contribution in [-0.4, -0.2) is 50.1 Å². The van der Waals surface area contributed by atoms with E-state index in [1.54, 1.807) is 0 Å². The molecule has 0 aromatic carbocycles. The summed E-state index contributed by atoms with van der Waals surface area (Å²) in [4.78, 5) is 4.73. The quantitative estimate of drug-likeness (QED) is 0.660. The third-order valence-corrected chi connectivity index (χ3v) is 4.65. The summed E-state index contributed by atoms with van der Waals surface area (Å²) >= 11 is 0. The second-order valence-electron chi connectivity index (χ2n) is 7.35. The monoisotopic (exact) mass is 268 g/mol. The molecule has 1 saturated carbocycles. The molecular formula is C17H36N2. The lowest BCUT2D eigenvalue weighted by Gasteiger charge is -2.33. The number of piperidine rings is 1. The number of likely N-dealkylation sites (tertiary alicyclic amines) is 2. The molecule has 3 rings (SSSR count). The zero-order valence-corrected chi connectivity index (χ0v) is 14.0. The van der Waals surface area contributed by atoms with Gasteiger partial charge in [0.25, 0.3) is 0 Å². The number of nitrogens with zero attached hydrogens (tertiary/aromatic N) is 2. The van der Waals surface area contributed by atoms with Crippen molar-refractivity contribution < 1.29 is 0 Å². The van der Waals surface area contributed by atoms with E-state index in [0.29, 0.717) is 0 Å². The molecule has 3 aliphatic rings. The Morgan fingerprint density at radius 3 is 1.26 bits per heavy atom. The second-order valence-corrected chi connectivity index (χ2v) is 7.35. The average molecular weight is 268 g/mol. The average Bonchev–Trinajstić information content (AvgIpc) is 2.31. The van der Waals surface area contributed by atoms with Gasteiger partial charge in [-0.2, -0.15) is 0 Å². The summed E-state index contributed by atoms with van der Waals surface area (Å²) in [5, 5.41) is 0. The van der Waals surface area contributed by atoms with Crippen LogP contribution < -0.4 is 0 Å². The van der Waals surface area contributed by atoms with Crippen molar-refractivity contribution in [3.63, 3.8) is 0 Å². The zero-order chi connectivity index (χ0) is 14.3. The molecule has 19 heavy (non-hydrogen) atoms. The van der Waals surface area contributed by atoms with Crippen molar-refractivity contribution in [3.05, 3.63) is 0 Å². The van der Waals surface area contributed by atoms with Gasteiger partial charge in [-0.25, -0.2) is 0 Å². The maximum atomic E-state index is 2.40. The van der Waals surface area contributed by atoms with E-state index in [9.17, 15) is 0 Å². The summed E-state index contributed by atoms with van der Waals surface area (Å²) in [5.74, 6) is 3.01. The zero-order valence-electron chi connectivity index (χ0n) is 14.0. The number of hydrogen-bond acceptors (Lipinski definition) is 2. The molecule has 1 aliphatic carbocycles. The standard InChI is InChI=1S/C7H15N.C5H11N.C5H10/c1-7-3-5-8(2)6-4-7;1-5-3-6(2)4-5;1-5-3-2-4-5/h7H,3-6H2,1-2H3;5H,3-4H2,1-2H3;5H,2-4H2,1H3. The smallest absolute Gasteiger partial charge is 0.00163 e. The highest BCUT2D eigenvalue weighted by Crippen LogP contribution is 2.24. The number of hydrogen-bond donors (Lipinski definition) is 0. The first-order chi connectivity index (χ1) is 8.97. The van der Waals surface area contributed by atoms with Crippen molar-refractivity contribution in [2.24, 2.45) is 17.8 Å². The lowest BCUT2D eigenvalue weighted by molar-refractivity contribution is 0.149. The highest BCUT2D eigenvalue weighted by molar-refractivity contribution is 4.71. The first-order valence-electron chi connectivity index (χ1n) is 8.34. The van der Waals surface area contributed by atoms with Crippen molar-refractivity contribution in [1.29, 1.82) is 0 Å². The van der Waals surface area contributed by atoms with Gasteiger partial charge in [-0.15, -0.1) is 0 Å². The van der Waals surface area contributed by atoms with E-state index in [1.807, 2.05) is 0 Å². The van der Waals surface area contributed by atoms with Crippen LogP contribution in [0.2, 0.25) is 0 Å². The molecule has 0 aromatic heterocycles. The molecule has 114 valence electrons. The Labute approximate surface area is 121 Å². The van der Waals surface area contributed by atoms with E-state index in [1.165, 1.54) is 58.3 Å². The third kappa shape index (κ3) is 7.94. The lowest BCUT2D eigenvalue weighted by atomic mass is 9.88. The Morgan fingerprint density at radius 1 is 0.632 bits per heavy atom. The molecular weight excluding hydrogens is 232 g/mol. The van der Waals surface area contributed by atoms with Gasteiger partial charge in [0.15, 0.2) is 0 Å². The van der Waals surface area contributed by atoms with Crippen LogP contribution in [0.5, 0.6) is 0 Å². The first kappa shape index (κ1) is 17.0. The van der Waals surface area contributed by atoms with E-state index >= 15 is 0 Å². The van der Waals surface area contributed by atoms with E-state index in [4.69, 9.17) is 0 Å². The van der Waals surface area contributed by atoms with Gasteiger partial charge in [0.1, 0.15) is 0 Å². The highest BCUT2D eigenvalue weighted by Gasteiger charge is 2.16. The molecule has 0 spiro atoms. The van der Waals surface area contributed by atoms with Gasteiger partial charge in [0.2, 0.25) is 0 Å². The molecule has 2 nitrogen and oxygen atoms in total. The Hall–Kier alpha value is -0.0800. The fourth-order valence-electron chi connectivity index (χ4n) is 2.76. The molecule has 0 amide bonds. The Kier molecular flexibility index (Phi) is 8.01. The maximum absolute atomic E-state index is 2.40. The summed E-state index contributed by atoms with van der Waals surface area (Å²) in [6, 6.07) is 0. The van der Waals surface area contributed by atoms with Crippen molar-refractivity contribution in [1.82, 2.24) is 9.80 Å². The van der Waals surface area contributed by atoms with Gasteiger partial charge < -0.3 is 9.80 Å². The molecule has 2 saturated heterocycles. The van der Waals surface area contributed by atoms with Crippen LogP contribution in [0.3, 0.4) is 0 Å². The topological polar surface area (TPSA) is 6.48 Å². The molecule has 0 atom stereocenters. The minimum Gasteiger partial charge on any atom is -0.306 e. The molecule has 3 fully saturated rings. The maximum Gasteiger partial charge on any atom is 0.00163 e. The van der Waals surface area contributed by atoms with Gasteiger partial charge in [-0.05, 0) is 57.8 Å². The second kappa shape index (κ2) is 8.97. The SMILES string of the molecule is CC1CCC1.CC1CCN(C)CC1.CC1CN(C)C1. The molecule has 2 heterocycles. The van der Waals surface area contributed by atoms with E-state index in [0.717, 1.165) is 17.8 Å². The summed E-state index contributed by atoms with van der Waals surface area (Å²) < 4.78 is 0. The highest BCUT2D eigenvalue weighted by atomic mass is 15.2. The van der Waals surface area contributed by atoms with Crippen LogP contribution in [-0.2, 0) is 0 Å². The van der Waals surface area contributed by atoms with Crippen LogP contribution in [0.15, 0.2) is 0 Å². The van der Waals surface area contributed by atoms with Crippen molar-refractivity contribution in [2.75, 3.05) is 40.3 Å². The van der Waals surface area contributed by atoms with Gasteiger partial charge in [-0.1, -0.05) is 40.0 Å². The summed E-state index contributed by atoms with van der Waals surface area (Å²) in [6.45, 7) is 12.2. The van der Waals surface area contributed by atoms with E-state index in [2.05, 4.69) is 44.7 Å². The molecule has 2 aliphatic heterocycles. The van der Waals surface area contributed by atoms with Crippen LogP contribution in [0.4, 0.5) is 0 Å². The summed E-state index contributed by atoms with van der Waals surface area (Å²) in [6.07, 6.45) is 7.26. The first-order valence-corrected chi connectivity index (χ1v) is 8.34. The van der Waals surface area contributed by atoms with E-state index in [-0.39, 0.29) is 0 Å². The third-order valence-electron chi connectivity index (χ3n) is 4.65. The Morgan fingerprint density at radius 2 is 1.11 bits per heavy atom. The molecule has 0 bridgehead atoms. The normalized spacial score (nSPS) is 26.4. The largest absolute Gasteiger partial charge is 0.306 e. The fraction of sp³-hybridized carbons (Fsp3) is 1.00. The predicted octanol–water partition coefficient (Wildman–Crippen LogP) is 3.72. The van der Waals surface area contributed by atoms with Crippen molar-refractivity contribution in [3.8, 4) is 0 Å². The minimum atomic E-state index is 0.968. The minimum absolute atomic E-state index is 0.968. The fourth-order valence-corrected chi connectivity index (χ4v) is 2.76. The summed E-state index contributed by atoms with van der Waals surface area (Å²) in [7, 11) is 4.35. The Bertz CT molecular complexity index is 195. The van der Waals surface area contributed by atoms with Gasteiger partial charge in [-0.3, -0.25) is 0 Å². The lowest BCUT2D eigenvalue weighted by Crippen LogP contribution is -2.41. The van der Waals surface area contributed by atoms with Crippen LogP contribution in [0, 0.1) is 17.8 Å².